The number of hydrogen-bond donors (Lipinski definition) is 1. The van der Waals surface area contributed by atoms with E-state index in [0.717, 1.165) is 4.90 Å². The van der Waals surface area contributed by atoms with Gasteiger partial charge in [-0.15, -0.1) is 0 Å². The minimum Gasteiger partial charge on any atom is -0.335 e. The SMILES string of the molecule is CCC(C)C(=O)N(CCN)CC(F)F. The van der Waals surface area contributed by atoms with Crippen LogP contribution < -0.4 is 5.73 Å². The van der Waals surface area contributed by atoms with Gasteiger partial charge < -0.3 is 10.6 Å². The lowest BCUT2D eigenvalue weighted by Gasteiger charge is -2.24. The zero-order valence-electron chi connectivity index (χ0n) is 8.67. The topological polar surface area (TPSA) is 46.3 Å². The second-order valence-corrected chi connectivity index (χ2v) is 3.27. The molecule has 0 spiro atoms. The van der Waals surface area contributed by atoms with E-state index in [9.17, 15) is 13.6 Å². The number of rotatable bonds is 6. The highest BCUT2D eigenvalue weighted by atomic mass is 19.3. The third-order valence-corrected chi connectivity index (χ3v) is 2.10. The van der Waals surface area contributed by atoms with Gasteiger partial charge in [-0.25, -0.2) is 8.78 Å². The molecule has 84 valence electrons. The molecule has 0 aromatic carbocycles. The molecule has 0 aromatic heterocycles. The zero-order valence-corrected chi connectivity index (χ0v) is 8.67. The van der Waals surface area contributed by atoms with E-state index in [1.165, 1.54) is 0 Å². The summed E-state index contributed by atoms with van der Waals surface area (Å²) in [5.41, 5.74) is 5.25. The fraction of sp³-hybridized carbons (Fsp3) is 0.889. The second kappa shape index (κ2) is 6.70. The van der Waals surface area contributed by atoms with E-state index in [2.05, 4.69) is 0 Å². The molecular weight excluding hydrogens is 190 g/mol. The van der Waals surface area contributed by atoms with Crippen molar-refractivity contribution in [3.05, 3.63) is 0 Å². The molecule has 0 rings (SSSR count). The van der Waals surface area contributed by atoms with Crippen molar-refractivity contribution in [3.63, 3.8) is 0 Å². The van der Waals surface area contributed by atoms with Crippen LogP contribution in [0.4, 0.5) is 8.78 Å². The number of nitrogens with zero attached hydrogens (tertiary/aromatic N) is 1. The molecule has 0 saturated carbocycles. The number of carbonyl (C=O) groups is 1. The monoisotopic (exact) mass is 208 g/mol. The Bertz CT molecular complexity index is 176. The van der Waals surface area contributed by atoms with Gasteiger partial charge in [-0.05, 0) is 6.42 Å². The van der Waals surface area contributed by atoms with E-state index in [1.54, 1.807) is 6.92 Å². The number of amides is 1. The first-order valence-corrected chi connectivity index (χ1v) is 4.79. The van der Waals surface area contributed by atoms with E-state index < -0.39 is 13.0 Å². The minimum atomic E-state index is -2.49. The fourth-order valence-electron chi connectivity index (χ4n) is 1.10. The predicted molar refractivity (Wildman–Crippen MR) is 51.1 cm³/mol. The summed E-state index contributed by atoms with van der Waals surface area (Å²) in [6.45, 7) is 3.49. The zero-order chi connectivity index (χ0) is 11.1. The fourth-order valence-corrected chi connectivity index (χ4v) is 1.10. The van der Waals surface area contributed by atoms with E-state index in [0.29, 0.717) is 6.42 Å². The Morgan fingerprint density at radius 3 is 2.43 bits per heavy atom. The first-order chi connectivity index (χ1) is 6.52. The minimum absolute atomic E-state index is 0.202. The van der Waals surface area contributed by atoms with Crippen LogP contribution in [0.2, 0.25) is 0 Å². The molecule has 0 aromatic rings. The quantitative estimate of drug-likeness (QED) is 0.710. The molecule has 0 saturated heterocycles. The van der Waals surface area contributed by atoms with Crippen LogP contribution in [-0.2, 0) is 4.79 Å². The highest BCUT2D eigenvalue weighted by Crippen LogP contribution is 2.08. The van der Waals surface area contributed by atoms with Crippen LogP contribution >= 0.6 is 0 Å². The van der Waals surface area contributed by atoms with E-state index in [4.69, 9.17) is 5.73 Å². The molecule has 1 amide bonds. The standard InChI is InChI=1S/C9H18F2N2O/c1-3-7(2)9(14)13(5-4-12)6-8(10)11/h7-8H,3-6,12H2,1-2H3. The molecule has 0 aliphatic heterocycles. The van der Waals surface area contributed by atoms with Crippen LogP contribution in [0.3, 0.4) is 0 Å². The van der Waals surface area contributed by atoms with Gasteiger partial charge in [0.1, 0.15) is 0 Å². The van der Waals surface area contributed by atoms with Gasteiger partial charge in [-0.1, -0.05) is 13.8 Å². The molecule has 0 aliphatic rings. The van der Waals surface area contributed by atoms with Crippen molar-refractivity contribution in [1.29, 1.82) is 0 Å². The van der Waals surface area contributed by atoms with Gasteiger partial charge in [0, 0.05) is 19.0 Å². The maximum Gasteiger partial charge on any atom is 0.255 e. The lowest BCUT2D eigenvalue weighted by molar-refractivity contribution is -0.136. The highest BCUT2D eigenvalue weighted by molar-refractivity contribution is 5.78. The molecule has 2 N–H and O–H groups in total. The molecule has 1 unspecified atom stereocenters. The summed E-state index contributed by atoms with van der Waals surface area (Å²) in [5.74, 6) is -0.446. The molecule has 0 bridgehead atoms. The largest absolute Gasteiger partial charge is 0.335 e. The Hall–Kier alpha value is -0.710. The summed E-state index contributed by atoms with van der Waals surface area (Å²) in [4.78, 5) is 12.7. The van der Waals surface area contributed by atoms with Crippen molar-refractivity contribution in [2.45, 2.75) is 26.7 Å². The van der Waals surface area contributed by atoms with Crippen LogP contribution in [0.15, 0.2) is 0 Å². The van der Waals surface area contributed by atoms with Crippen molar-refractivity contribution < 1.29 is 13.6 Å². The smallest absolute Gasteiger partial charge is 0.255 e. The van der Waals surface area contributed by atoms with Gasteiger partial charge in [-0.3, -0.25) is 4.79 Å². The Balaban J connectivity index is 4.24. The molecule has 0 heterocycles. The van der Waals surface area contributed by atoms with E-state index in [-0.39, 0.29) is 24.9 Å². The summed E-state index contributed by atoms with van der Waals surface area (Å²) >= 11 is 0. The summed E-state index contributed by atoms with van der Waals surface area (Å²) in [7, 11) is 0. The molecule has 0 radical (unpaired) electrons. The number of carbonyl (C=O) groups excluding carboxylic acids is 1. The van der Waals surface area contributed by atoms with Gasteiger partial charge in [0.2, 0.25) is 5.91 Å². The number of nitrogens with two attached hydrogens (primary N) is 1. The maximum atomic E-state index is 12.1. The molecule has 3 nitrogen and oxygen atoms in total. The first-order valence-electron chi connectivity index (χ1n) is 4.79. The van der Waals surface area contributed by atoms with Crippen LogP contribution in [0.25, 0.3) is 0 Å². The van der Waals surface area contributed by atoms with Crippen LogP contribution in [-0.4, -0.2) is 36.9 Å². The van der Waals surface area contributed by atoms with Crippen molar-refractivity contribution in [1.82, 2.24) is 4.90 Å². The summed E-state index contributed by atoms with van der Waals surface area (Å²) in [6, 6.07) is 0. The molecule has 1 atom stereocenters. The average molecular weight is 208 g/mol. The predicted octanol–water partition coefficient (Wildman–Crippen LogP) is 1.08. The van der Waals surface area contributed by atoms with Crippen LogP contribution in [0.1, 0.15) is 20.3 Å². The highest BCUT2D eigenvalue weighted by Gasteiger charge is 2.21. The Kier molecular flexibility index (Phi) is 6.36. The van der Waals surface area contributed by atoms with Gasteiger partial charge in [0.15, 0.2) is 0 Å². The molecule has 0 aliphatic carbocycles. The molecule has 0 fully saturated rings. The molecule has 5 heteroatoms. The number of alkyl halides is 2. The Morgan fingerprint density at radius 2 is 2.07 bits per heavy atom. The van der Waals surface area contributed by atoms with Crippen molar-refractivity contribution in [3.8, 4) is 0 Å². The van der Waals surface area contributed by atoms with E-state index >= 15 is 0 Å². The van der Waals surface area contributed by atoms with Gasteiger partial charge >= 0.3 is 0 Å². The second-order valence-electron chi connectivity index (χ2n) is 3.27. The van der Waals surface area contributed by atoms with Gasteiger partial charge in [-0.2, -0.15) is 0 Å². The Labute approximate surface area is 83.3 Å². The summed E-state index contributed by atoms with van der Waals surface area (Å²) in [6.07, 6.45) is -1.84. The van der Waals surface area contributed by atoms with Crippen molar-refractivity contribution >= 4 is 5.91 Å². The van der Waals surface area contributed by atoms with Crippen LogP contribution in [0.5, 0.6) is 0 Å². The normalized spacial score (nSPS) is 13.0. The maximum absolute atomic E-state index is 12.1. The lowest BCUT2D eigenvalue weighted by atomic mass is 10.1. The van der Waals surface area contributed by atoms with Crippen molar-refractivity contribution in [2.24, 2.45) is 11.7 Å². The number of hydrogen-bond acceptors (Lipinski definition) is 2. The summed E-state index contributed by atoms with van der Waals surface area (Å²) < 4.78 is 24.2. The van der Waals surface area contributed by atoms with Gasteiger partial charge in [0.25, 0.3) is 6.43 Å². The van der Waals surface area contributed by atoms with Gasteiger partial charge in [0.05, 0.1) is 6.54 Å². The lowest BCUT2D eigenvalue weighted by Crippen LogP contribution is -2.41. The Morgan fingerprint density at radius 1 is 1.50 bits per heavy atom. The van der Waals surface area contributed by atoms with Crippen molar-refractivity contribution in [2.75, 3.05) is 19.6 Å². The summed E-state index contributed by atoms with van der Waals surface area (Å²) in [5, 5.41) is 0. The first kappa shape index (κ1) is 13.3. The third kappa shape index (κ3) is 4.50. The molecule has 14 heavy (non-hydrogen) atoms. The third-order valence-electron chi connectivity index (χ3n) is 2.10. The van der Waals surface area contributed by atoms with E-state index in [1.807, 2.05) is 6.92 Å². The number of halogens is 2. The average Bonchev–Trinajstić information content (AvgIpc) is 2.14. The van der Waals surface area contributed by atoms with Crippen LogP contribution in [0, 0.1) is 5.92 Å². The molecular formula is C9H18F2N2O.